The number of ether oxygens (including phenoxy) is 1. The molecule has 1 aliphatic rings. The Labute approximate surface area is 153 Å². The Bertz CT molecular complexity index is 856. The Hall–Kier alpha value is -2.16. The van der Waals surface area contributed by atoms with Gasteiger partial charge in [-0.05, 0) is 42.5 Å². The van der Waals surface area contributed by atoms with Crippen molar-refractivity contribution in [2.75, 3.05) is 20.1 Å². The maximum atomic E-state index is 12.8. The minimum Gasteiger partial charge on any atom is -0.456 e. The number of rotatable bonds is 6. The lowest BCUT2D eigenvalue weighted by atomic mass is 9.92. The smallest absolute Gasteiger partial charge is 0.356 e. The highest BCUT2D eigenvalue weighted by Crippen LogP contribution is 2.28. The van der Waals surface area contributed by atoms with Crippen molar-refractivity contribution in [3.63, 3.8) is 0 Å². The van der Waals surface area contributed by atoms with Crippen molar-refractivity contribution in [2.45, 2.75) is 25.4 Å². The molecule has 140 valence electrons. The molecule has 2 heterocycles. The Balaban J connectivity index is 1.91. The summed E-state index contributed by atoms with van der Waals surface area (Å²) >= 11 is 0. The molecule has 0 radical (unpaired) electrons. The molecule has 3 rings (SSSR count). The van der Waals surface area contributed by atoms with Crippen LogP contribution in [0.4, 0.5) is 0 Å². The van der Waals surface area contributed by atoms with Crippen molar-refractivity contribution >= 4 is 16.2 Å². The van der Waals surface area contributed by atoms with Gasteiger partial charge in [-0.2, -0.15) is 8.42 Å². The van der Waals surface area contributed by atoms with E-state index in [1.807, 2.05) is 30.3 Å². The van der Waals surface area contributed by atoms with E-state index >= 15 is 0 Å². The zero-order chi connectivity index (χ0) is 18.6. The number of nitrogens with one attached hydrogen (secondary N) is 2. The van der Waals surface area contributed by atoms with Gasteiger partial charge in [-0.15, -0.1) is 0 Å². The fourth-order valence-corrected chi connectivity index (χ4v) is 4.01. The summed E-state index contributed by atoms with van der Waals surface area (Å²) < 4.78 is 33.3. The highest BCUT2D eigenvalue weighted by molar-refractivity contribution is 7.88. The van der Waals surface area contributed by atoms with Gasteiger partial charge in [-0.1, -0.05) is 30.3 Å². The van der Waals surface area contributed by atoms with E-state index in [0.717, 1.165) is 28.9 Å². The molecule has 0 amide bonds. The van der Waals surface area contributed by atoms with Gasteiger partial charge in [0.15, 0.2) is 0 Å². The van der Waals surface area contributed by atoms with Gasteiger partial charge < -0.3 is 10.1 Å². The summed E-state index contributed by atoms with van der Waals surface area (Å²) in [6.45, 7) is 1.73. The number of carbonyl (C=O) groups is 1. The third kappa shape index (κ3) is 3.98. The van der Waals surface area contributed by atoms with Crippen molar-refractivity contribution in [1.82, 2.24) is 14.0 Å². The Morgan fingerprint density at radius 3 is 2.73 bits per heavy atom. The normalized spacial score (nSPS) is 17.8. The molecule has 1 fully saturated rings. The molecule has 0 aliphatic carbocycles. The molecular weight excluding hydrogens is 354 g/mol. The van der Waals surface area contributed by atoms with Crippen LogP contribution in [0.1, 0.15) is 40.4 Å². The second-order valence-corrected chi connectivity index (χ2v) is 7.98. The average molecular weight is 377 g/mol. The predicted molar refractivity (Wildman–Crippen MR) is 98.2 cm³/mol. The van der Waals surface area contributed by atoms with Crippen LogP contribution in [0, 0.1) is 0 Å². The number of hydrogen-bond acceptors (Lipinski definition) is 5. The summed E-state index contributed by atoms with van der Waals surface area (Å²) in [4.78, 5) is 12.8. The molecule has 2 N–H and O–H groups in total. The molecule has 1 aromatic carbocycles. The third-order valence-corrected chi connectivity index (χ3v) is 5.88. The monoisotopic (exact) mass is 377 g/mol. The molecule has 0 bridgehead atoms. The average Bonchev–Trinajstić information content (AvgIpc) is 3.14. The molecule has 1 aliphatic heterocycles. The van der Waals surface area contributed by atoms with Crippen LogP contribution in [0.15, 0.2) is 42.6 Å². The van der Waals surface area contributed by atoms with E-state index in [-0.39, 0.29) is 18.2 Å². The van der Waals surface area contributed by atoms with Gasteiger partial charge in [0.2, 0.25) is 0 Å². The molecular formula is C18H23N3O4S. The lowest BCUT2D eigenvalue weighted by molar-refractivity contribution is 0.0462. The van der Waals surface area contributed by atoms with Gasteiger partial charge in [0, 0.05) is 19.8 Å². The van der Waals surface area contributed by atoms with Crippen LogP contribution >= 0.6 is 0 Å². The van der Waals surface area contributed by atoms with Crippen LogP contribution in [0.25, 0.3) is 0 Å². The highest BCUT2D eigenvalue weighted by Gasteiger charge is 2.29. The van der Waals surface area contributed by atoms with Crippen molar-refractivity contribution in [1.29, 1.82) is 0 Å². The fourth-order valence-electron chi connectivity index (χ4n) is 3.17. The maximum Gasteiger partial charge on any atom is 0.356 e. The molecule has 7 nitrogen and oxygen atoms in total. The lowest BCUT2D eigenvalue weighted by Gasteiger charge is -2.23. The topological polar surface area (TPSA) is 89.4 Å². The summed E-state index contributed by atoms with van der Waals surface area (Å²) in [6.07, 6.45) is 3.29. The minimum atomic E-state index is -3.83. The van der Waals surface area contributed by atoms with Gasteiger partial charge in [0.25, 0.3) is 0 Å². The van der Waals surface area contributed by atoms with Gasteiger partial charge in [0.1, 0.15) is 12.3 Å². The quantitative estimate of drug-likeness (QED) is 0.747. The van der Waals surface area contributed by atoms with Crippen LogP contribution in [-0.2, 0) is 21.6 Å². The fraction of sp³-hybridized carbons (Fsp3) is 0.389. The predicted octanol–water partition coefficient (Wildman–Crippen LogP) is 1.62. The number of esters is 1. The molecule has 1 unspecified atom stereocenters. The Morgan fingerprint density at radius 1 is 1.31 bits per heavy atom. The number of hydrogen-bond donors (Lipinski definition) is 2. The van der Waals surface area contributed by atoms with E-state index in [4.69, 9.17) is 4.74 Å². The summed E-state index contributed by atoms with van der Waals surface area (Å²) in [7, 11) is -2.51. The Morgan fingerprint density at radius 2 is 2.08 bits per heavy atom. The highest BCUT2D eigenvalue weighted by atomic mass is 32.2. The number of nitrogens with zero attached hydrogens (tertiary/aromatic N) is 1. The van der Waals surface area contributed by atoms with Crippen LogP contribution < -0.4 is 10.0 Å². The van der Waals surface area contributed by atoms with Crippen molar-refractivity contribution in [3.8, 4) is 0 Å². The second-order valence-electron chi connectivity index (χ2n) is 6.23. The van der Waals surface area contributed by atoms with E-state index in [0.29, 0.717) is 12.1 Å². The van der Waals surface area contributed by atoms with Gasteiger partial charge >= 0.3 is 16.2 Å². The zero-order valence-corrected chi connectivity index (χ0v) is 15.5. The molecule has 2 aromatic rings. The van der Waals surface area contributed by atoms with E-state index in [2.05, 4.69) is 10.0 Å². The van der Waals surface area contributed by atoms with E-state index in [9.17, 15) is 13.2 Å². The van der Waals surface area contributed by atoms with E-state index < -0.39 is 16.2 Å². The SMILES string of the molecule is CNS(=O)(=O)n1ccc(C2CCCNC2)c1C(=O)OCc1ccccc1. The number of aromatic nitrogens is 1. The van der Waals surface area contributed by atoms with Crippen LogP contribution in [0.2, 0.25) is 0 Å². The minimum absolute atomic E-state index is 0.0731. The van der Waals surface area contributed by atoms with Crippen molar-refractivity contribution in [3.05, 3.63) is 59.4 Å². The van der Waals surface area contributed by atoms with Crippen molar-refractivity contribution in [2.24, 2.45) is 0 Å². The largest absolute Gasteiger partial charge is 0.456 e. The van der Waals surface area contributed by atoms with Crippen LogP contribution in [0.3, 0.4) is 0 Å². The molecule has 0 saturated carbocycles. The third-order valence-electron chi connectivity index (χ3n) is 4.54. The standard InChI is InChI=1S/C18H23N3O4S/c1-19-26(23,24)21-11-9-16(15-8-5-10-20-12-15)17(21)18(22)25-13-14-6-3-2-4-7-14/h2-4,6-7,9,11,15,19-20H,5,8,10,12-13H2,1H3. The first-order valence-electron chi connectivity index (χ1n) is 8.60. The number of benzene rings is 1. The van der Waals surface area contributed by atoms with Crippen molar-refractivity contribution < 1.29 is 17.9 Å². The lowest BCUT2D eigenvalue weighted by Crippen LogP contribution is -2.32. The van der Waals surface area contributed by atoms with E-state index in [1.165, 1.54) is 13.2 Å². The maximum absolute atomic E-state index is 12.8. The van der Waals surface area contributed by atoms with Gasteiger partial charge in [0.05, 0.1) is 0 Å². The number of piperidine rings is 1. The van der Waals surface area contributed by atoms with Crippen LogP contribution in [-0.4, -0.2) is 38.5 Å². The molecule has 0 spiro atoms. The molecule has 1 aromatic heterocycles. The molecule has 1 saturated heterocycles. The second kappa shape index (κ2) is 8.03. The van der Waals surface area contributed by atoms with Crippen LogP contribution in [0.5, 0.6) is 0 Å². The first kappa shape index (κ1) is 18.6. The summed E-state index contributed by atoms with van der Waals surface area (Å²) in [5, 5.41) is 3.29. The number of carbonyl (C=O) groups excluding carboxylic acids is 1. The summed E-state index contributed by atoms with van der Waals surface area (Å²) in [5.74, 6) is -0.561. The summed E-state index contributed by atoms with van der Waals surface area (Å²) in [5.41, 5.74) is 1.62. The first-order chi connectivity index (χ1) is 12.5. The van der Waals surface area contributed by atoms with Gasteiger partial charge in [-0.3, -0.25) is 0 Å². The van der Waals surface area contributed by atoms with Gasteiger partial charge in [-0.25, -0.2) is 13.5 Å². The Kier molecular flexibility index (Phi) is 5.75. The first-order valence-corrected chi connectivity index (χ1v) is 10.0. The van der Waals surface area contributed by atoms with E-state index in [1.54, 1.807) is 6.07 Å². The zero-order valence-electron chi connectivity index (χ0n) is 14.6. The summed E-state index contributed by atoms with van der Waals surface area (Å²) in [6, 6.07) is 11.0. The molecule has 1 atom stereocenters. The molecule has 26 heavy (non-hydrogen) atoms. The molecule has 8 heteroatoms.